The Morgan fingerprint density at radius 2 is 1.90 bits per heavy atom. The van der Waals surface area contributed by atoms with Gasteiger partial charge in [-0.05, 0) is 29.8 Å². The number of para-hydroxylation sites is 3. The number of esters is 1. The zero-order valence-corrected chi connectivity index (χ0v) is 16.3. The minimum absolute atomic E-state index is 0.312. The Bertz CT molecular complexity index is 1250. The number of carbonyl (C=O) groups is 2. The van der Waals surface area contributed by atoms with Crippen molar-refractivity contribution < 1.29 is 14.3 Å². The second kappa shape index (κ2) is 8.57. The summed E-state index contributed by atoms with van der Waals surface area (Å²) >= 11 is 0. The van der Waals surface area contributed by atoms with E-state index in [1.807, 2.05) is 54.7 Å². The van der Waals surface area contributed by atoms with Crippen LogP contribution in [0.15, 0.2) is 67.0 Å². The molecule has 1 amide bonds. The van der Waals surface area contributed by atoms with Crippen LogP contribution in [-0.2, 0) is 20.7 Å². The van der Waals surface area contributed by atoms with Gasteiger partial charge < -0.3 is 15.0 Å². The number of ether oxygens (including phenoxy) is 1. The maximum Gasteiger partial charge on any atom is 0.328 e. The first-order valence-electron chi connectivity index (χ1n) is 9.47. The van der Waals surface area contributed by atoms with E-state index in [1.165, 1.54) is 13.2 Å². The van der Waals surface area contributed by atoms with Gasteiger partial charge in [0.05, 0.1) is 30.0 Å². The number of nitrogens with one attached hydrogen (secondary N) is 2. The Morgan fingerprint density at radius 3 is 2.73 bits per heavy atom. The molecule has 2 aromatic heterocycles. The molecule has 0 aliphatic carbocycles. The van der Waals surface area contributed by atoms with Crippen molar-refractivity contribution in [3.63, 3.8) is 0 Å². The number of carbonyl (C=O) groups excluding carboxylic acids is 2. The third-order valence-electron chi connectivity index (χ3n) is 4.77. The minimum atomic E-state index is -0.811. The van der Waals surface area contributed by atoms with Crippen LogP contribution in [0, 0.1) is 0 Å². The fourth-order valence-electron chi connectivity index (χ4n) is 3.29. The Hall–Kier alpha value is -4.00. The van der Waals surface area contributed by atoms with Crippen molar-refractivity contribution in [1.29, 1.82) is 0 Å². The second-order valence-electron chi connectivity index (χ2n) is 6.76. The van der Waals surface area contributed by atoms with Gasteiger partial charge in [0.2, 0.25) is 5.91 Å². The number of rotatable bonds is 6. The number of hydrogen-bond acceptors (Lipinski definition) is 5. The van der Waals surface area contributed by atoms with Crippen molar-refractivity contribution >= 4 is 39.9 Å². The molecule has 1 atom stereocenters. The quantitative estimate of drug-likeness (QED) is 0.383. The Balaban J connectivity index is 1.48. The average Bonchev–Trinajstić information content (AvgIpc) is 3.19. The van der Waals surface area contributed by atoms with Crippen LogP contribution in [0.1, 0.15) is 11.3 Å². The molecule has 0 aliphatic heterocycles. The van der Waals surface area contributed by atoms with Crippen molar-refractivity contribution in [2.45, 2.75) is 12.5 Å². The predicted octanol–water partition coefficient (Wildman–Crippen LogP) is 3.02. The van der Waals surface area contributed by atoms with Crippen LogP contribution in [-0.4, -0.2) is 40.0 Å². The Kier molecular flexibility index (Phi) is 5.52. The monoisotopic (exact) mass is 400 g/mol. The van der Waals surface area contributed by atoms with E-state index in [0.717, 1.165) is 27.5 Å². The Morgan fingerprint density at radius 1 is 1.13 bits per heavy atom. The summed E-state index contributed by atoms with van der Waals surface area (Å²) in [6, 6.07) is 14.5. The van der Waals surface area contributed by atoms with Crippen molar-refractivity contribution in [3.8, 4) is 0 Å². The topological polar surface area (TPSA) is 97.0 Å². The molecule has 7 nitrogen and oxygen atoms in total. The smallest absolute Gasteiger partial charge is 0.328 e. The van der Waals surface area contributed by atoms with Gasteiger partial charge in [-0.1, -0.05) is 30.3 Å². The molecule has 0 aliphatic rings. The van der Waals surface area contributed by atoms with Crippen molar-refractivity contribution in [1.82, 2.24) is 20.3 Å². The predicted molar refractivity (Wildman–Crippen MR) is 115 cm³/mol. The van der Waals surface area contributed by atoms with Gasteiger partial charge in [-0.25, -0.2) is 9.78 Å². The molecular weight excluding hydrogens is 380 g/mol. The number of amides is 1. The normalized spacial score (nSPS) is 12.3. The number of H-pyrrole nitrogens is 1. The zero-order valence-electron chi connectivity index (χ0n) is 16.3. The maximum absolute atomic E-state index is 12.4. The van der Waals surface area contributed by atoms with Gasteiger partial charge in [0, 0.05) is 29.6 Å². The fourth-order valence-corrected chi connectivity index (χ4v) is 3.29. The summed E-state index contributed by atoms with van der Waals surface area (Å²) in [5, 5.41) is 3.72. The summed E-state index contributed by atoms with van der Waals surface area (Å²) in [6.45, 7) is 0. The molecule has 4 rings (SSSR count). The van der Waals surface area contributed by atoms with E-state index in [2.05, 4.69) is 20.3 Å². The highest BCUT2D eigenvalue weighted by atomic mass is 16.5. The standard InChI is InChI=1S/C23H20N4O3/c1-30-23(29)21(12-15-13-24-18-7-3-2-6-17(15)18)27-22(28)11-10-16-14-25-19-8-4-5-9-20(19)26-16/h2-11,13-14,21,24H,12H2,1H3,(H,27,28)/b11-10+. The summed E-state index contributed by atoms with van der Waals surface area (Å²) in [4.78, 5) is 36.6. The molecule has 2 heterocycles. The van der Waals surface area contributed by atoms with Crippen LogP contribution in [0.25, 0.3) is 28.0 Å². The lowest BCUT2D eigenvalue weighted by Crippen LogP contribution is -2.42. The van der Waals surface area contributed by atoms with E-state index in [0.29, 0.717) is 12.1 Å². The summed E-state index contributed by atoms with van der Waals surface area (Å²) < 4.78 is 4.87. The molecule has 0 spiro atoms. The van der Waals surface area contributed by atoms with E-state index >= 15 is 0 Å². The zero-order chi connectivity index (χ0) is 20.9. The first-order chi connectivity index (χ1) is 14.6. The van der Waals surface area contributed by atoms with Crippen LogP contribution in [0.2, 0.25) is 0 Å². The number of nitrogens with zero attached hydrogens (tertiary/aromatic N) is 2. The molecule has 0 saturated carbocycles. The number of hydrogen-bond donors (Lipinski definition) is 2. The van der Waals surface area contributed by atoms with Crippen LogP contribution in [0.4, 0.5) is 0 Å². The van der Waals surface area contributed by atoms with Gasteiger partial charge in [-0.15, -0.1) is 0 Å². The highest BCUT2D eigenvalue weighted by molar-refractivity contribution is 5.95. The lowest BCUT2D eigenvalue weighted by molar-refractivity contribution is -0.144. The fraction of sp³-hybridized carbons (Fsp3) is 0.130. The molecule has 150 valence electrons. The highest BCUT2D eigenvalue weighted by Gasteiger charge is 2.22. The molecule has 0 bridgehead atoms. The van der Waals surface area contributed by atoms with Crippen molar-refractivity contribution in [3.05, 3.63) is 78.3 Å². The maximum atomic E-state index is 12.4. The lowest BCUT2D eigenvalue weighted by Gasteiger charge is -2.15. The summed E-state index contributed by atoms with van der Waals surface area (Å²) in [5.41, 5.74) is 3.97. The van der Waals surface area contributed by atoms with Crippen molar-refractivity contribution in [2.24, 2.45) is 0 Å². The Labute approximate surface area is 172 Å². The van der Waals surface area contributed by atoms with Gasteiger partial charge in [0.1, 0.15) is 6.04 Å². The number of methoxy groups -OCH3 is 1. The third kappa shape index (κ3) is 4.20. The van der Waals surface area contributed by atoms with E-state index in [1.54, 1.807) is 12.3 Å². The molecule has 0 saturated heterocycles. The largest absolute Gasteiger partial charge is 0.467 e. The second-order valence-corrected chi connectivity index (χ2v) is 6.76. The molecule has 2 N–H and O–H groups in total. The van der Waals surface area contributed by atoms with Crippen LogP contribution >= 0.6 is 0 Å². The average molecular weight is 400 g/mol. The van der Waals surface area contributed by atoms with Crippen LogP contribution in [0.3, 0.4) is 0 Å². The van der Waals surface area contributed by atoms with Gasteiger partial charge in [0.15, 0.2) is 0 Å². The first kappa shape index (κ1) is 19.3. The van der Waals surface area contributed by atoms with Crippen LogP contribution < -0.4 is 5.32 Å². The number of benzene rings is 2. The molecule has 0 radical (unpaired) electrons. The van der Waals surface area contributed by atoms with Crippen molar-refractivity contribution in [2.75, 3.05) is 7.11 Å². The van der Waals surface area contributed by atoms with Gasteiger partial charge >= 0.3 is 5.97 Å². The minimum Gasteiger partial charge on any atom is -0.467 e. The molecule has 0 fully saturated rings. The van der Waals surface area contributed by atoms with E-state index in [4.69, 9.17) is 4.74 Å². The number of aromatic nitrogens is 3. The molecule has 7 heteroatoms. The van der Waals surface area contributed by atoms with Crippen LogP contribution in [0.5, 0.6) is 0 Å². The summed E-state index contributed by atoms with van der Waals surface area (Å²) in [5.74, 6) is -0.923. The molecule has 4 aromatic rings. The number of fused-ring (bicyclic) bond motifs is 2. The van der Waals surface area contributed by atoms with E-state index < -0.39 is 17.9 Å². The molecular formula is C23H20N4O3. The lowest BCUT2D eigenvalue weighted by atomic mass is 10.0. The molecule has 1 unspecified atom stereocenters. The molecule has 30 heavy (non-hydrogen) atoms. The highest BCUT2D eigenvalue weighted by Crippen LogP contribution is 2.19. The third-order valence-corrected chi connectivity index (χ3v) is 4.77. The van der Waals surface area contributed by atoms with Gasteiger partial charge in [0.25, 0.3) is 0 Å². The number of aromatic amines is 1. The summed E-state index contributed by atoms with van der Waals surface area (Å²) in [7, 11) is 1.30. The first-order valence-corrected chi connectivity index (χ1v) is 9.47. The molecule has 2 aromatic carbocycles. The van der Waals surface area contributed by atoms with Gasteiger partial charge in [-0.2, -0.15) is 0 Å². The van der Waals surface area contributed by atoms with E-state index in [9.17, 15) is 9.59 Å². The van der Waals surface area contributed by atoms with E-state index in [-0.39, 0.29) is 0 Å². The SMILES string of the molecule is COC(=O)C(Cc1c[nH]c2ccccc12)NC(=O)/C=C/c1cnc2ccccc2n1. The van der Waals surface area contributed by atoms with Gasteiger partial charge in [-0.3, -0.25) is 9.78 Å². The summed E-state index contributed by atoms with van der Waals surface area (Å²) in [6.07, 6.45) is 6.65.